The van der Waals surface area contributed by atoms with E-state index in [0.29, 0.717) is 0 Å². The van der Waals surface area contributed by atoms with E-state index >= 15 is 0 Å². The van der Waals surface area contributed by atoms with Gasteiger partial charge in [0.2, 0.25) is 0 Å². The second-order valence-corrected chi connectivity index (χ2v) is 8.56. The maximum atomic E-state index is 2.56. The third-order valence-electron chi connectivity index (χ3n) is 3.87. The summed E-state index contributed by atoms with van der Waals surface area (Å²) < 4.78 is 0. The van der Waals surface area contributed by atoms with Crippen molar-refractivity contribution in [1.82, 2.24) is 14.7 Å². The van der Waals surface area contributed by atoms with Crippen LogP contribution >= 0.6 is 0 Å². The molecule has 1 fully saturated rings. The topological polar surface area (TPSA) is 568 Å². The summed E-state index contributed by atoms with van der Waals surface area (Å²) in [7, 11) is 0. The second-order valence-electron chi connectivity index (χ2n) is 8.56. The number of hydrogen-bond donors (Lipinski definition) is 0. The molecule has 0 radical (unpaired) electrons. The van der Waals surface area contributed by atoms with Crippen LogP contribution in [0.2, 0.25) is 0 Å². The smallest absolute Gasteiger partial charge is 0.0540 e. The molecule has 0 bridgehead atoms. The molecule has 22 heteroatoms. The number of hydrogen-bond acceptors (Lipinski definition) is 3. The van der Waals surface area contributed by atoms with E-state index in [4.69, 9.17) is 0 Å². The average molecular weight is 758 g/mol. The maximum Gasteiger partial charge on any atom is 0.0540 e. The molecule has 1 aliphatic heterocycles. The van der Waals surface area contributed by atoms with Gasteiger partial charge in [-0.25, -0.2) is 0 Å². The van der Waals surface area contributed by atoms with Crippen molar-refractivity contribution in [3.63, 3.8) is 0 Å². The van der Waals surface area contributed by atoms with E-state index < -0.39 is 0 Å². The minimum absolute atomic E-state index is 0. The molecule has 0 atom stereocenters. The summed E-state index contributed by atoms with van der Waals surface area (Å²) in [6.07, 6.45) is 0. The van der Waals surface area contributed by atoms with Crippen LogP contribution in [0, 0.1) is 0 Å². The molecule has 258 valence electrons. The first-order chi connectivity index (χ1) is 7.82. The minimum atomic E-state index is 0. The van der Waals surface area contributed by atoms with E-state index in [2.05, 4.69) is 77.0 Å². The van der Waals surface area contributed by atoms with Gasteiger partial charge in [-0.05, 0) is 62.3 Å². The van der Waals surface area contributed by atoms with Gasteiger partial charge in [-0.3, -0.25) is 14.7 Å². The summed E-state index contributed by atoms with van der Waals surface area (Å²) in [4.78, 5) is 7.69. The van der Waals surface area contributed by atoms with Gasteiger partial charge < -0.3 is 98.6 Å². The van der Waals surface area contributed by atoms with Crippen LogP contribution in [0.5, 0.6) is 0 Å². The molecule has 37 heavy (non-hydrogen) atoms. The van der Waals surface area contributed by atoms with E-state index in [9.17, 15) is 0 Å². The molecule has 0 aromatic heterocycles. The first-order valence-electron chi connectivity index (χ1n) is 7.07. The molecular weight excluding hydrogens is 694 g/mol. The predicted octanol–water partition coefficient (Wildman–Crippen LogP) is -9.56. The molecule has 21 nitrogen and oxygen atoms in total. The van der Waals surface area contributed by atoms with Crippen LogP contribution in [0.25, 0.3) is 0 Å². The summed E-state index contributed by atoms with van der Waals surface area (Å²) in [5.41, 5.74) is 0.647. The Labute approximate surface area is 233 Å². The van der Waals surface area contributed by atoms with Gasteiger partial charge in [0, 0.05) is 37.7 Å². The molecule has 0 unspecified atom stereocenters. The zero-order valence-corrected chi connectivity index (χ0v) is 26.0. The predicted molar refractivity (Wildman–Crippen MR) is 136 cm³/mol. The Kier molecular flexibility index (Phi) is 196. The largest absolute Gasteiger partial charge is 2.00 e. The van der Waals surface area contributed by atoms with Crippen LogP contribution in [0.4, 0.5) is 0 Å². The van der Waals surface area contributed by atoms with Gasteiger partial charge in [-0.1, -0.05) is 0 Å². The Morgan fingerprint density at radius 3 is 0.432 bits per heavy atom. The van der Waals surface area contributed by atoms with Crippen molar-refractivity contribution in [3.8, 4) is 0 Å². The molecule has 1 saturated heterocycles. The van der Waals surface area contributed by atoms with Crippen molar-refractivity contribution < 1.29 is 120 Å². The first-order valence-corrected chi connectivity index (χ1v) is 7.07. The summed E-state index contributed by atoms with van der Waals surface area (Å²) >= 11 is 0. The van der Waals surface area contributed by atoms with E-state index in [1.807, 2.05) is 0 Å². The van der Waals surface area contributed by atoms with Crippen molar-refractivity contribution in [2.75, 3.05) is 20.0 Å². The minimum Gasteiger partial charge on any atom is -2.00 e. The quantitative estimate of drug-likeness (QED) is 0.233. The monoisotopic (exact) mass is 757 g/mol. The van der Waals surface area contributed by atoms with Gasteiger partial charge in [0.05, 0.1) is 20.0 Å². The molecule has 0 amide bonds. The van der Waals surface area contributed by atoms with Gasteiger partial charge in [0.15, 0.2) is 0 Å². The first kappa shape index (κ1) is 149. The SMILES string of the molecule is CC(C)(C)N1CN(C(C)(C)C)CN(C(C)(C)C)C1.O.O.O.O.O.O.O.O.O.O.O.O.O.O.O.[O-2].[O-2].[O-2].[W]. The molecule has 30 N–H and O–H groups in total. The van der Waals surface area contributed by atoms with Crippen molar-refractivity contribution in [2.45, 2.75) is 78.9 Å². The van der Waals surface area contributed by atoms with Crippen molar-refractivity contribution in [2.24, 2.45) is 0 Å². The van der Waals surface area contributed by atoms with Crippen LogP contribution < -0.4 is 0 Å². The molecule has 1 rings (SSSR count). The zero-order chi connectivity index (χ0) is 14.4. The van der Waals surface area contributed by atoms with Gasteiger partial charge in [0.1, 0.15) is 0 Å². The van der Waals surface area contributed by atoms with E-state index in [1.165, 1.54) is 0 Å². The van der Waals surface area contributed by atoms with E-state index in [-0.39, 0.29) is 136 Å². The van der Waals surface area contributed by atoms with Crippen molar-refractivity contribution in [1.29, 1.82) is 0 Å². The van der Waals surface area contributed by atoms with Gasteiger partial charge in [-0.15, -0.1) is 0 Å². The molecule has 1 heterocycles. The fraction of sp³-hybridized carbons (Fsp3) is 1.00. The average Bonchev–Trinajstić information content (AvgIpc) is 2.13. The fourth-order valence-corrected chi connectivity index (χ4v) is 2.03. The Hall–Kier alpha value is -0.152. The molecule has 0 aliphatic carbocycles. The second kappa shape index (κ2) is 48.9. The zero-order valence-electron chi connectivity index (χ0n) is 23.1. The third kappa shape index (κ3) is 46.1. The molecule has 0 spiro atoms. The molecule has 0 aromatic rings. The fourth-order valence-electron chi connectivity index (χ4n) is 2.03. The van der Waals surface area contributed by atoms with Crippen LogP contribution in [0.15, 0.2) is 0 Å². The standard InChI is InChI=1S/C15H33N3.15H2O.3O.W/c1-13(2,3)16-10-17(14(4,5)6)12-18(11-16)15(7,8)9;;;;;;;;;;;;;;;;;;;/h10-12H2,1-9H3;15*1H2;;;;/q;;;;;;;;;;;;;;;;3*-2;. The van der Waals surface area contributed by atoms with Crippen LogP contribution in [0.3, 0.4) is 0 Å². The van der Waals surface area contributed by atoms with Crippen LogP contribution in [-0.2, 0) is 37.5 Å². The summed E-state index contributed by atoms with van der Waals surface area (Å²) in [6.45, 7) is 23.9. The normalized spacial score (nSPS) is 10.9. The number of nitrogens with zero attached hydrogens (tertiary/aromatic N) is 3. The van der Waals surface area contributed by atoms with Crippen molar-refractivity contribution in [3.05, 3.63) is 0 Å². The summed E-state index contributed by atoms with van der Waals surface area (Å²) in [5.74, 6) is 0. The molecule has 1 aliphatic rings. The Morgan fingerprint density at radius 1 is 0.297 bits per heavy atom. The summed E-state index contributed by atoms with van der Waals surface area (Å²) in [6, 6.07) is 0. The Balaban J connectivity index is -0.0000000100. The Bertz CT molecular complexity index is 267. The maximum absolute atomic E-state index is 2.56. The summed E-state index contributed by atoms with van der Waals surface area (Å²) in [5, 5.41) is 0. The van der Waals surface area contributed by atoms with Gasteiger partial charge >= 0.3 is 0 Å². The van der Waals surface area contributed by atoms with E-state index in [0.717, 1.165) is 20.0 Å². The van der Waals surface area contributed by atoms with Gasteiger partial charge in [-0.2, -0.15) is 0 Å². The molecule has 0 aromatic carbocycles. The van der Waals surface area contributed by atoms with E-state index in [1.54, 1.807) is 0 Å². The van der Waals surface area contributed by atoms with Crippen molar-refractivity contribution >= 4 is 0 Å². The van der Waals surface area contributed by atoms with Crippen LogP contribution in [-0.4, -0.2) is 133 Å². The molecule has 0 saturated carbocycles. The van der Waals surface area contributed by atoms with Gasteiger partial charge in [0.25, 0.3) is 0 Å². The van der Waals surface area contributed by atoms with Crippen LogP contribution in [0.1, 0.15) is 62.3 Å². The Morgan fingerprint density at radius 2 is 0.378 bits per heavy atom. The molecular formula is C15H63N3O18W-6. The number of rotatable bonds is 0. The third-order valence-corrected chi connectivity index (χ3v) is 3.87.